The van der Waals surface area contributed by atoms with Crippen LogP contribution in [0.2, 0.25) is 0 Å². The first-order valence-corrected chi connectivity index (χ1v) is 9.55. The summed E-state index contributed by atoms with van der Waals surface area (Å²) in [6.07, 6.45) is 0.0121. The Labute approximate surface area is 165 Å². The smallest absolute Gasteiger partial charge is 0.367 e. The maximum atomic E-state index is 13.8. The summed E-state index contributed by atoms with van der Waals surface area (Å²) >= 11 is 0. The van der Waals surface area contributed by atoms with Crippen LogP contribution in [-0.4, -0.2) is 34.0 Å². The summed E-state index contributed by atoms with van der Waals surface area (Å²) in [4.78, 5) is 9.27. The highest BCUT2D eigenvalue weighted by Crippen LogP contribution is 2.50. The van der Waals surface area contributed by atoms with Gasteiger partial charge >= 0.3 is 6.18 Å². The number of anilines is 1. The number of likely N-dealkylation sites (tertiary alicyclic amines) is 1. The number of alkyl halides is 3. The molecule has 4 nitrogen and oxygen atoms in total. The molecule has 2 fully saturated rings. The van der Waals surface area contributed by atoms with Crippen molar-refractivity contribution in [3.05, 3.63) is 53.5 Å². The zero-order valence-electron chi connectivity index (χ0n) is 15.6. The maximum Gasteiger partial charge on any atom is 0.433 e. The number of nitrogens with one attached hydrogen (secondary N) is 1. The third kappa shape index (κ3) is 4.49. The van der Waals surface area contributed by atoms with Crippen LogP contribution >= 0.6 is 0 Å². The van der Waals surface area contributed by atoms with E-state index in [0.29, 0.717) is 12.1 Å². The highest BCUT2D eigenvalue weighted by atomic mass is 19.4. The summed E-state index contributed by atoms with van der Waals surface area (Å²) < 4.78 is 65.4. The lowest BCUT2D eigenvalue weighted by atomic mass is 9.60. The Morgan fingerprint density at radius 2 is 1.79 bits per heavy atom. The predicted molar refractivity (Wildman–Crippen MR) is 97.0 cm³/mol. The second-order valence-corrected chi connectivity index (χ2v) is 8.05. The fraction of sp³-hybridized carbons (Fsp3) is 0.500. The number of benzene rings is 1. The molecule has 9 heteroatoms. The third-order valence-electron chi connectivity index (χ3n) is 5.99. The van der Waals surface area contributed by atoms with Gasteiger partial charge in [0.05, 0.1) is 0 Å². The van der Waals surface area contributed by atoms with Crippen LogP contribution in [0.25, 0.3) is 0 Å². The number of halogens is 5. The van der Waals surface area contributed by atoms with Gasteiger partial charge in [-0.15, -0.1) is 0 Å². The van der Waals surface area contributed by atoms with Crippen molar-refractivity contribution in [2.75, 3.05) is 18.4 Å². The van der Waals surface area contributed by atoms with Crippen molar-refractivity contribution in [1.82, 2.24) is 14.9 Å². The van der Waals surface area contributed by atoms with E-state index in [1.165, 1.54) is 6.07 Å². The van der Waals surface area contributed by atoms with Gasteiger partial charge in [0.15, 0.2) is 0 Å². The fourth-order valence-electron chi connectivity index (χ4n) is 4.39. The third-order valence-corrected chi connectivity index (χ3v) is 5.99. The van der Waals surface area contributed by atoms with Crippen molar-refractivity contribution in [2.45, 2.75) is 44.4 Å². The van der Waals surface area contributed by atoms with Gasteiger partial charge in [0.2, 0.25) is 0 Å². The van der Waals surface area contributed by atoms with Crippen molar-refractivity contribution in [3.63, 3.8) is 0 Å². The highest BCUT2D eigenvalue weighted by Gasteiger charge is 2.46. The number of piperidine rings is 1. The minimum absolute atomic E-state index is 0.0817. The van der Waals surface area contributed by atoms with E-state index >= 15 is 0 Å². The molecule has 1 aliphatic carbocycles. The Balaban J connectivity index is 1.28. The van der Waals surface area contributed by atoms with E-state index in [1.807, 2.05) is 0 Å². The Hall–Kier alpha value is -2.29. The number of hydrogen-bond donors (Lipinski definition) is 1. The Morgan fingerprint density at radius 1 is 1.07 bits per heavy atom. The number of nitrogens with zero attached hydrogens (tertiary/aromatic N) is 3. The van der Waals surface area contributed by atoms with E-state index in [9.17, 15) is 22.0 Å². The molecule has 0 radical (unpaired) electrons. The minimum Gasteiger partial charge on any atom is -0.367 e. The van der Waals surface area contributed by atoms with Gasteiger partial charge in [0, 0.05) is 24.2 Å². The molecule has 0 bridgehead atoms. The molecule has 4 rings (SSSR count). The van der Waals surface area contributed by atoms with Crippen LogP contribution in [0.1, 0.15) is 36.9 Å². The van der Waals surface area contributed by atoms with Crippen LogP contribution in [0, 0.1) is 17.0 Å². The standard InChI is InChI=1S/C20H21F5N4/c21-14-1-2-16(22)13(7-14)11-29-5-3-19(4-6-29)9-15(10-19)28-18-8-17(20(23,24)25)26-12-27-18/h1-2,7-8,12,15H,3-6,9-11H2,(H,26,27,28). The molecule has 0 atom stereocenters. The molecule has 1 aliphatic heterocycles. The van der Waals surface area contributed by atoms with Gasteiger partial charge in [-0.1, -0.05) is 0 Å². The molecule has 2 aliphatic rings. The van der Waals surface area contributed by atoms with Gasteiger partial charge in [-0.2, -0.15) is 13.2 Å². The first-order valence-electron chi connectivity index (χ1n) is 9.55. The molecule has 1 saturated heterocycles. The van der Waals surface area contributed by atoms with Crippen LogP contribution in [-0.2, 0) is 12.7 Å². The number of aromatic nitrogens is 2. The Kier molecular flexibility index (Phi) is 5.18. The monoisotopic (exact) mass is 412 g/mol. The van der Waals surface area contributed by atoms with Gasteiger partial charge in [-0.25, -0.2) is 18.7 Å². The van der Waals surface area contributed by atoms with Gasteiger partial charge in [0.1, 0.15) is 29.5 Å². The van der Waals surface area contributed by atoms with Crippen LogP contribution < -0.4 is 5.32 Å². The normalized spacial score (nSPS) is 19.9. The van der Waals surface area contributed by atoms with E-state index in [2.05, 4.69) is 20.2 Å². The lowest BCUT2D eigenvalue weighted by Gasteiger charge is -2.52. The zero-order chi connectivity index (χ0) is 20.6. The van der Waals surface area contributed by atoms with Crippen molar-refractivity contribution in [1.29, 1.82) is 0 Å². The molecule has 1 spiro atoms. The quantitative estimate of drug-likeness (QED) is 0.744. The van der Waals surface area contributed by atoms with E-state index in [1.54, 1.807) is 0 Å². The van der Waals surface area contributed by atoms with Crippen molar-refractivity contribution in [3.8, 4) is 0 Å². The summed E-state index contributed by atoms with van der Waals surface area (Å²) in [7, 11) is 0. The fourth-order valence-corrected chi connectivity index (χ4v) is 4.39. The molecule has 156 valence electrons. The molecule has 29 heavy (non-hydrogen) atoms. The van der Waals surface area contributed by atoms with Crippen LogP contribution in [0.5, 0.6) is 0 Å². The second kappa shape index (κ2) is 7.51. The van der Waals surface area contributed by atoms with E-state index in [-0.39, 0.29) is 17.3 Å². The largest absolute Gasteiger partial charge is 0.433 e. The molecule has 1 aromatic carbocycles. The van der Waals surface area contributed by atoms with E-state index in [4.69, 9.17) is 0 Å². The molecule has 1 N–H and O–H groups in total. The van der Waals surface area contributed by atoms with Gasteiger partial charge in [0.25, 0.3) is 0 Å². The second-order valence-electron chi connectivity index (χ2n) is 8.05. The van der Waals surface area contributed by atoms with Crippen molar-refractivity contribution >= 4 is 5.82 Å². The molecule has 0 amide bonds. The van der Waals surface area contributed by atoms with Gasteiger partial charge in [-0.05, 0) is 62.4 Å². The molecule has 1 saturated carbocycles. The minimum atomic E-state index is -4.49. The van der Waals surface area contributed by atoms with Gasteiger partial charge < -0.3 is 5.32 Å². The number of rotatable bonds is 4. The first-order chi connectivity index (χ1) is 13.7. The first kappa shape index (κ1) is 20.0. The molecular formula is C20H21F5N4. The number of hydrogen-bond acceptors (Lipinski definition) is 4. The Morgan fingerprint density at radius 3 is 2.48 bits per heavy atom. The van der Waals surface area contributed by atoms with E-state index in [0.717, 1.165) is 63.3 Å². The lowest BCUT2D eigenvalue weighted by Crippen LogP contribution is -2.51. The lowest BCUT2D eigenvalue weighted by molar-refractivity contribution is -0.141. The van der Waals surface area contributed by atoms with Crippen LogP contribution in [0.15, 0.2) is 30.6 Å². The average molecular weight is 412 g/mol. The van der Waals surface area contributed by atoms with Crippen molar-refractivity contribution < 1.29 is 22.0 Å². The molecule has 1 aromatic heterocycles. The maximum absolute atomic E-state index is 13.8. The highest BCUT2D eigenvalue weighted by molar-refractivity contribution is 5.38. The van der Waals surface area contributed by atoms with Crippen LogP contribution in [0.3, 0.4) is 0 Å². The summed E-state index contributed by atoms with van der Waals surface area (Å²) in [5.74, 6) is -0.657. The van der Waals surface area contributed by atoms with Gasteiger partial charge in [-0.3, -0.25) is 4.90 Å². The Bertz CT molecular complexity index is 869. The summed E-state index contributed by atoms with van der Waals surface area (Å²) in [6, 6.07) is 4.51. The van der Waals surface area contributed by atoms with Crippen molar-refractivity contribution in [2.24, 2.45) is 5.41 Å². The molecule has 2 heterocycles. The van der Waals surface area contributed by atoms with Crippen LogP contribution in [0.4, 0.5) is 27.8 Å². The zero-order valence-corrected chi connectivity index (χ0v) is 15.6. The summed E-state index contributed by atoms with van der Waals surface area (Å²) in [6.45, 7) is 1.95. The molecular weight excluding hydrogens is 391 g/mol. The summed E-state index contributed by atoms with van der Waals surface area (Å²) in [5, 5.41) is 3.07. The molecule has 2 aromatic rings. The molecule has 0 unspecified atom stereocenters. The average Bonchev–Trinajstić information content (AvgIpc) is 2.65. The van der Waals surface area contributed by atoms with E-state index < -0.39 is 23.5 Å². The summed E-state index contributed by atoms with van der Waals surface area (Å²) in [5.41, 5.74) is -0.436. The SMILES string of the molecule is Fc1ccc(F)c(CN2CCC3(CC2)CC(Nc2cc(C(F)(F)F)ncn2)C3)c1. The topological polar surface area (TPSA) is 41.0 Å². The predicted octanol–water partition coefficient (Wildman–Crippen LogP) is 4.63.